The molecule has 0 heteroatoms. The maximum atomic E-state index is 3.95. The van der Waals surface area contributed by atoms with Crippen LogP contribution in [0.25, 0.3) is 0 Å². The second kappa shape index (κ2) is 3.71. The summed E-state index contributed by atoms with van der Waals surface area (Å²) in [6.07, 6.45) is 1.23. The summed E-state index contributed by atoms with van der Waals surface area (Å²) >= 11 is 0. The molecule has 9 heavy (non-hydrogen) atoms. The molecule has 0 aromatic carbocycles. The highest BCUT2D eigenvalue weighted by molar-refractivity contribution is 4.96. The molecule has 54 valence electrons. The lowest BCUT2D eigenvalue weighted by molar-refractivity contribution is 0.432. The number of hydrogen-bond acceptors (Lipinski definition) is 0. The van der Waals surface area contributed by atoms with Gasteiger partial charge in [0.2, 0.25) is 0 Å². The van der Waals surface area contributed by atoms with Crippen LogP contribution in [-0.2, 0) is 0 Å². The highest BCUT2D eigenvalue weighted by Gasteiger charge is 2.09. The smallest absolute Gasteiger partial charge is 0.0188 e. The van der Waals surface area contributed by atoms with E-state index in [0.717, 1.165) is 11.8 Å². The molecule has 0 aromatic heterocycles. The summed E-state index contributed by atoms with van der Waals surface area (Å²) in [5, 5.41) is 0. The van der Waals surface area contributed by atoms with Crippen LogP contribution >= 0.6 is 0 Å². The molecule has 0 spiro atoms. The minimum absolute atomic E-state index is 0.727. The quantitative estimate of drug-likeness (QED) is 0.509. The van der Waals surface area contributed by atoms with E-state index in [2.05, 4.69) is 34.3 Å². The molecule has 0 amide bonds. The molecule has 0 N–H and O–H groups in total. The lowest BCUT2D eigenvalue weighted by Crippen LogP contribution is -2.07. The van der Waals surface area contributed by atoms with Crippen molar-refractivity contribution in [3.05, 3.63) is 12.2 Å². The van der Waals surface area contributed by atoms with Crippen LogP contribution in [0.3, 0.4) is 0 Å². The molecule has 0 nitrogen and oxygen atoms in total. The molecule has 0 saturated carbocycles. The van der Waals surface area contributed by atoms with Gasteiger partial charge in [0, 0.05) is 0 Å². The Morgan fingerprint density at radius 3 is 1.89 bits per heavy atom. The zero-order chi connectivity index (χ0) is 7.44. The normalized spacial score (nSPS) is 13.9. The number of hydrogen-bond donors (Lipinski definition) is 0. The van der Waals surface area contributed by atoms with E-state index in [0.29, 0.717) is 0 Å². The van der Waals surface area contributed by atoms with Crippen LogP contribution in [-0.4, -0.2) is 0 Å². The second-order valence-electron chi connectivity index (χ2n) is 3.11. The van der Waals surface area contributed by atoms with Crippen LogP contribution in [0.2, 0.25) is 0 Å². The van der Waals surface area contributed by atoms with Gasteiger partial charge in [-0.05, 0) is 25.2 Å². The Bertz CT molecular complexity index is 90.2. The molecule has 0 radical (unpaired) electrons. The first-order valence-corrected chi connectivity index (χ1v) is 3.75. The van der Waals surface area contributed by atoms with Crippen LogP contribution in [0.4, 0.5) is 0 Å². The van der Waals surface area contributed by atoms with Gasteiger partial charge < -0.3 is 0 Å². The number of allylic oxidation sites excluding steroid dienone is 1. The summed E-state index contributed by atoms with van der Waals surface area (Å²) in [6, 6.07) is 0. The van der Waals surface area contributed by atoms with E-state index < -0.39 is 0 Å². The van der Waals surface area contributed by atoms with Crippen molar-refractivity contribution < 1.29 is 0 Å². The van der Waals surface area contributed by atoms with Gasteiger partial charge in [-0.25, -0.2) is 0 Å². The van der Waals surface area contributed by atoms with E-state index in [9.17, 15) is 0 Å². The van der Waals surface area contributed by atoms with Gasteiger partial charge in [0.1, 0.15) is 0 Å². The first kappa shape index (κ1) is 8.74. The fourth-order valence-electron chi connectivity index (χ4n) is 1.39. The predicted molar refractivity (Wildman–Crippen MR) is 43.4 cm³/mol. The summed E-state index contributed by atoms with van der Waals surface area (Å²) in [5.74, 6) is 1.48. The van der Waals surface area contributed by atoms with Crippen LogP contribution in [0, 0.1) is 11.8 Å². The Morgan fingerprint density at radius 1 is 1.44 bits per heavy atom. The van der Waals surface area contributed by atoms with Gasteiger partial charge in [-0.15, -0.1) is 0 Å². The molecule has 0 aliphatic carbocycles. The van der Waals surface area contributed by atoms with Crippen LogP contribution in [0.5, 0.6) is 0 Å². The largest absolute Gasteiger partial charge is 0.0999 e. The Morgan fingerprint density at radius 2 is 1.89 bits per heavy atom. The topological polar surface area (TPSA) is 0 Å². The summed E-state index contributed by atoms with van der Waals surface area (Å²) in [6.45, 7) is 12.8. The summed E-state index contributed by atoms with van der Waals surface area (Å²) in [4.78, 5) is 0. The van der Waals surface area contributed by atoms with E-state index in [-0.39, 0.29) is 0 Å². The zero-order valence-electron chi connectivity index (χ0n) is 7.07. The molecular weight excluding hydrogens is 108 g/mol. The average molecular weight is 126 g/mol. The van der Waals surface area contributed by atoms with E-state index in [1.54, 1.807) is 0 Å². The monoisotopic (exact) mass is 126 g/mol. The minimum Gasteiger partial charge on any atom is -0.0999 e. The second-order valence-corrected chi connectivity index (χ2v) is 3.11. The minimum atomic E-state index is 0.727. The fourth-order valence-corrected chi connectivity index (χ4v) is 1.39. The van der Waals surface area contributed by atoms with Crippen molar-refractivity contribution in [2.45, 2.75) is 34.1 Å². The fraction of sp³-hybridized carbons (Fsp3) is 0.778. The molecule has 0 aliphatic rings. The predicted octanol–water partition coefficient (Wildman–Crippen LogP) is 3.24. The Kier molecular flexibility index (Phi) is 3.60. The molecule has 0 saturated heterocycles. The van der Waals surface area contributed by atoms with E-state index in [4.69, 9.17) is 0 Å². The van der Waals surface area contributed by atoms with Crippen molar-refractivity contribution in [2.24, 2.45) is 11.8 Å². The first-order valence-electron chi connectivity index (χ1n) is 3.75. The molecule has 0 rings (SSSR count). The highest BCUT2D eigenvalue weighted by Crippen LogP contribution is 2.21. The van der Waals surface area contributed by atoms with E-state index >= 15 is 0 Å². The molecule has 0 aliphatic heterocycles. The van der Waals surface area contributed by atoms with Crippen molar-refractivity contribution in [1.29, 1.82) is 0 Å². The summed E-state index contributed by atoms with van der Waals surface area (Å²) in [5.41, 5.74) is 1.33. The van der Waals surface area contributed by atoms with Gasteiger partial charge in [-0.2, -0.15) is 0 Å². The third kappa shape index (κ3) is 2.69. The SMILES string of the molecule is C=C(C)C(CC)C(C)C. The third-order valence-electron chi connectivity index (χ3n) is 1.88. The Balaban J connectivity index is 3.83. The Hall–Kier alpha value is -0.260. The van der Waals surface area contributed by atoms with Crippen LogP contribution in [0.1, 0.15) is 34.1 Å². The average Bonchev–Trinajstić information content (AvgIpc) is 1.64. The van der Waals surface area contributed by atoms with Crippen molar-refractivity contribution in [3.63, 3.8) is 0 Å². The molecule has 0 heterocycles. The highest BCUT2D eigenvalue weighted by atomic mass is 14.1. The van der Waals surface area contributed by atoms with Crippen molar-refractivity contribution in [2.75, 3.05) is 0 Å². The van der Waals surface area contributed by atoms with Crippen molar-refractivity contribution in [3.8, 4) is 0 Å². The van der Waals surface area contributed by atoms with E-state index in [1.807, 2.05) is 0 Å². The van der Waals surface area contributed by atoms with Gasteiger partial charge in [-0.3, -0.25) is 0 Å². The molecule has 0 bridgehead atoms. The van der Waals surface area contributed by atoms with Crippen molar-refractivity contribution >= 4 is 0 Å². The maximum absolute atomic E-state index is 3.95. The van der Waals surface area contributed by atoms with Gasteiger partial charge in [0.25, 0.3) is 0 Å². The Labute approximate surface area is 59.0 Å². The lowest BCUT2D eigenvalue weighted by atomic mass is 9.88. The standard InChI is InChI=1S/C9H18/c1-6-9(7(2)3)8(4)5/h8-9H,2,6H2,1,3-5H3. The van der Waals surface area contributed by atoms with Gasteiger partial charge in [0.15, 0.2) is 0 Å². The summed E-state index contributed by atoms with van der Waals surface area (Å²) < 4.78 is 0. The van der Waals surface area contributed by atoms with Crippen LogP contribution in [0.15, 0.2) is 12.2 Å². The number of rotatable bonds is 3. The van der Waals surface area contributed by atoms with Gasteiger partial charge in [-0.1, -0.05) is 32.9 Å². The lowest BCUT2D eigenvalue weighted by Gasteiger charge is -2.18. The van der Waals surface area contributed by atoms with Crippen LogP contribution < -0.4 is 0 Å². The molecule has 1 atom stereocenters. The summed E-state index contributed by atoms with van der Waals surface area (Å²) in [7, 11) is 0. The van der Waals surface area contributed by atoms with Gasteiger partial charge >= 0.3 is 0 Å². The third-order valence-corrected chi connectivity index (χ3v) is 1.88. The molecule has 0 aromatic rings. The molecule has 1 unspecified atom stereocenters. The molecule has 0 fully saturated rings. The van der Waals surface area contributed by atoms with E-state index in [1.165, 1.54) is 12.0 Å². The zero-order valence-corrected chi connectivity index (χ0v) is 7.07. The van der Waals surface area contributed by atoms with Gasteiger partial charge in [0.05, 0.1) is 0 Å². The molecular formula is C9H18. The first-order chi connectivity index (χ1) is 4.09. The maximum Gasteiger partial charge on any atom is -0.0188 e. The van der Waals surface area contributed by atoms with Crippen molar-refractivity contribution in [1.82, 2.24) is 0 Å².